The van der Waals surface area contributed by atoms with E-state index in [4.69, 9.17) is 6.57 Å². The van der Waals surface area contributed by atoms with Crippen molar-refractivity contribution in [2.24, 2.45) is 0 Å². The van der Waals surface area contributed by atoms with Crippen molar-refractivity contribution in [2.75, 3.05) is 0 Å². The third kappa shape index (κ3) is 2.33. The van der Waals surface area contributed by atoms with Crippen LogP contribution in [-0.2, 0) is 0 Å². The predicted octanol–water partition coefficient (Wildman–Crippen LogP) is 5.84. The Balaban J connectivity index is 2.21. The van der Waals surface area contributed by atoms with Crippen LogP contribution in [0, 0.1) is 29.2 Å². The molecule has 4 aromatic rings. The SMILES string of the molecule is [C-]#[N+]c1ccc2c(c1)c1cc(C#N)ccc1n2-c1ccc(Br)cc1C#N. The minimum atomic E-state index is 0.537. The fourth-order valence-corrected chi connectivity index (χ4v) is 3.56. The first-order valence-electron chi connectivity index (χ1n) is 7.72. The molecule has 0 amide bonds. The fourth-order valence-electron chi connectivity index (χ4n) is 3.20. The second kappa shape index (κ2) is 6.05. The van der Waals surface area contributed by atoms with E-state index in [2.05, 4.69) is 32.9 Å². The van der Waals surface area contributed by atoms with Gasteiger partial charge in [-0.25, -0.2) is 4.85 Å². The summed E-state index contributed by atoms with van der Waals surface area (Å²) < 4.78 is 2.84. The Morgan fingerprint density at radius 1 is 0.885 bits per heavy atom. The first kappa shape index (κ1) is 15.9. The molecule has 1 aromatic heterocycles. The first-order chi connectivity index (χ1) is 12.7. The highest BCUT2D eigenvalue weighted by atomic mass is 79.9. The van der Waals surface area contributed by atoms with Crippen molar-refractivity contribution < 1.29 is 0 Å². The summed E-state index contributed by atoms with van der Waals surface area (Å²) in [7, 11) is 0. The van der Waals surface area contributed by atoms with Gasteiger partial charge in [-0.15, -0.1) is 0 Å². The molecule has 3 aromatic carbocycles. The van der Waals surface area contributed by atoms with E-state index >= 15 is 0 Å². The molecular formula is C21H9BrN4. The maximum atomic E-state index is 9.58. The molecule has 0 aliphatic rings. The average Bonchev–Trinajstić information content (AvgIpc) is 3.00. The molecule has 0 aliphatic heterocycles. The minimum Gasteiger partial charge on any atom is -0.308 e. The molecule has 0 fully saturated rings. The van der Waals surface area contributed by atoms with E-state index in [1.807, 2.05) is 41.0 Å². The van der Waals surface area contributed by atoms with E-state index in [1.165, 1.54) is 0 Å². The Morgan fingerprint density at radius 2 is 1.62 bits per heavy atom. The van der Waals surface area contributed by atoms with E-state index < -0.39 is 0 Å². The third-order valence-corrected chi connectivity index (χ3v) is 4.82. The molecule has 0 aliphatic carbocycles. The number of rotatable bonds is 1. The van der Waals surface area contributed by atoms with Crippen LogP contribution in [0.5, 0.6) is 0 Å². The summed E-state index contributed by atoms with van der Waals surface area (Å²) in [5, 5.41) is 20.6. The summed E-state index contributed by atoms with van der Waals surface area (Å²) in [6, 6.07) is 20.9. The third-order valence-electron chi connectivity index (χ3n) is 4.33. The van der Waals surface area contributed by atoms with Crippen molar-refractivity contribution in [1.29, 1.82) is 10.5 Å². The van der Waals surface area contributed by atoms with Crippen molar-refractivity contribution in [3.8, 4) is 17.8 Å². The number of benzene rings is 3. The van der Waals surface area contributed by atoms with Crippen molar-refractivity contribution in [3.05, 3.63) is 81.6 Å². The van der Waals surface area contributed by atoms with Crippen LogP contribution < -0.4 is 0 Å². The Kier molecular flexibility index (Phi) is 3.70. The maximum absolute atomic E-state index is 9.58. The number of nitriles is 2. The van der Waals surface area contributed by atoms with Crippen molar-refractivity contribution in [3.63, 3.8) is 0 Å². The van der Waals surface area contributed by atoms with Crippen LogP contribution >= 0.6 is 15.9 Å². The molecule has 4 rings (SSSR count). The molecule has 120 valence electrons. The highest BCUT2D eigenvalue weighted by Gasteiger charge is 2.16. The van der Waals surface area contributed by atoms with Gasteiger partial charge >= 0.3 is 0 Å². The highest BCUT2D eigenvalue weighted by molar-refractivity contribution is 9.10. The lowest BCUT2D eigenvalue weighted by molar-refractivity contribution is 1.16. The number of halogens is 1. The summed E-state index contributed by atoms with van der Waals surface area (Å²) in [4.78, 5) is 3.51. The number of hydrogen-bond acceptors (Lipinski definition) is 2. The zero-order valence-electron chi connectivity index (χ0n) is 13.4. The molecule has 0 unspecified atom stereocenters. The van der Waals surface area contributed by atoms with Crippen LogP contribution in [0.25, 0.3) is 32.3 Å². The van der Waals surface area contributed by atoms with Gasteiger partial charge in [0.2, 0.25) is 0 Å². The van der Waals surface area contributed by atoms with E-state index in [-0.39, 0.29) is 0 Å². The number of aromatic nitrogens is 1. The molecule has 0 spiro atoms. The lowest BCUT2D eigenvalue weighted by atomic mass is 10.1. The van der Waals surface area contributed by atoms with Crippen LogP contribution in [-0.4, -0.2) is 4.57 Å². The quantitative estimate of drug-likeness (QED) is 0.379. The number of fused-ring (bicyclic) bond motifs is 3. The largest absolute Gasteiger partial charge is 0.308 e. The van der Waals surface area contributed by atoms with Gasteiger partial charge in [-0.05, 0) is 53.9 Å². The van der Waals surface area contributed by atoms with E-state index in [0.717, 1.165) is 32.0 Å². The lowest BCUT2D eigenvalue weighted by Crippen LogP contribution is -1.97. The summed E-state index contributed by atoms with van der Waals surface area (Å²) >= 11 is 3.41. The topological polar surface area (TPSA) is 56.9 Å². The highest BCUT2D eigenvalue weighted by Crippen LogP contribution is 2.36. The van der Waals surface area contributed by atoms with E-state index in [9.17, 15) is 10.5 Å². The molecule has 5 heteroatoms. The second-order valence-corrected chi connectivity index (χ2v) is 6.68. The Morgan fingerprint density at radius 3 is 2.31 bits per heavy atom. The molecule has 26 heavy (non-hydrogen) atoms. The monoisotopic (exact) mass is 396 g/mol. The predicted molar refractivity (Wildman–Crippen MR) is 104 cm³/mol. The van der Waals surface area contributed by atoms with Crippen LogP contribution in [0.1, 0.15) is 11.1 Å². The van der Waals surface area contributed by atoms with Gasteiger partial charge in [-0.3, -0.25) is 0 Å². The van der Waals surface area contributed by atoms with Gasteiger partial charge in [0.15, 0.2) is 5.69 Å². The summed E-state index contributed by atoms with van der Waals surface area (Å²) in [6.07, 6.45) is 0. The van der Waals surface area contributed by atoms with Gasteiger partial charge in [0.05, 0.1) is 40.5 Å². The van der Waals surface area contributed by atoms with Crippen LogP contribution in [0.4, 0.5) is 5.69 Å². The molecule has 0 bridgehead atoms. The smallest absolute Gasteiger partial charge is 0.188 e. The van der Waals surface area contributed by atoms with Crippen molar-refractivity contribution >= 4 is 43.4 Å². The van der Waals surface area contributed by atoms with Gasteiger partial charge in [0, 0.05) is 9.86 Å². The summed E-state index contributed by atoms with van der Waals surface area (Å²) in [5.41, 5.74) is 4.17. The first-order valence-corrected chi connectivity index (χ1v) is 8.51. The molecule has 1 heterocycles. The normalized spacial score (nSPS) is 10.4. The summed E-state index contributed by atoms with van der Waals surface area (Å²) in [5.74, 6) is 0. The molecule has 0 saturated carbocycles. The molecule has 0 atom stereocenters. The Hall–Kier alpha value is -3.59. The van der Waals surface area contributed by atoms with Crippen LogP contribution in [0.2, 0.25) is 0 Å². The molecule has 0 N–H and O–H groups in total. The van der Waals surface area contributed by atoms with E-state index in [0.29, 0.717) is 16.8 Å². The molecule has 0 radical (unpaired) electrons. The Bertz CT molecular complexity index is 1260. The number of nitrogens with zero attached hydrogens (tertiary/aromatic N) is 4. The molecular weight excluding hydrogens is 388 g/mol. The van der Waals surface area contributed by atoms with E-state index in [1.54, 1.807) is 18.2 Å². The van der Waals surface area contributed by atoms with Crippen LogP contribution in [0.15, 0.2) is 59.1 Å². The van der Waals surface area contributed by atoms with Crippen LogP contribution in [0.3, 0.4) is 0 Å². The molecule has 4 nitrogen and oxygen atoms in total. The zero-order valence-corrected chi connectivity index (χ0v) is 14.9. The molecule has 0 saturated heterocycles. The average molecular weight is 397 g/mol. The van der Waals surface area contributed by atoms with Gasteiger partial charge in [0.1, 0.15) is 6.07 Å². The maximum Gasteiger partial charge on any atom is 0.188 e. The Labute approximate surface area is 158 Å². The standard InChI is InChI=1S/C21H9BrN4/c1-25-16-4-7-21-18(10-16)17-8-13(11-23)2-5-20(17)26(21)19-6-3-15(22)9-14(19)12-24/h2-10H. The number of hydrogen-bond donors (Lipinski definition) is 0. The van der Waals surface area contributed by atoms with Gasteiger partial charge < -0.3 is 4.57 Å². The second-order valence-electron chi connectivity index (χ2n) is 5.77. The fraction of sp³-hybridized carbons (Fsp3) is 0. The zero-order chi connectivity index (χ0) is 18.3. The van der Waals surface area contributed by atoms with Gasteiger partial charge in [-0.1, -0.05) is 22.0 Å². The lowest BCUT2D eigenvalue weighted by Gasteiger charge is -2.10. The van der Waals surface area contributed by atoms with Crippen molar-refractivity contribution in [1.82, 2.24) is 4.57 Å². The van der Waals surface area contributed by atoms with Gasteiger partial charge in [-0.2, -0.15) is 10.5 Å². The van der Waals surface area contributed by atoms with Crippen molar-refractivity contribution in [2.45, 2.75) is 0 Å². The minimum absolute atomic E-state index is 0.537. The van der Waals surface area contributed by atoms with Gasteiger partial charge in [0.25, 0.3) is 0 Å². The summed E-state index contributed by atoms with van der Waals surface area (Å²) in [6.45, 7) is 7.28.